The van der Waals surface area contributed by atoms with Gasteiger partial charge in [0.25, 0.3) is 5.91 Å². The Kier molecular flexibility index (Phi) is 7.23. The number of carbonyl (C=O) groups excluding carboxylic acids is 2. The fourth-order valence-electron chi connectivity index (χ4n) is 3.17. The van der Waals surface area contributed by atoms with E-state index in [2.05, 4.69) is 10.6 Å². The molecule has 7 nitrogen and oxygen atoms in total. The first-order valence-electron chi connectivity index (χ1n) is 8.48. The normalized spacial score (nSPS) is 25.6. The van der Waals surface area contributed by atoms with Gasteiger partial charge in [0.1, 0.15) is 6.04 Å². The number of aliphatic hydroxyl groups excluding tert-OH is 1. The number of thioether (sulfide) groups is 2. The number of hydrogen-bond acceptors (Lipinski definition) is 7. The third-order valence-corrected chi connectivity index (χ3v) is 7.80. The zero-order chi connectivity index (χ0) is 17.7. The van der Waals surface area contributed by atoms with Crippen molar-refractivity contribution >= 4 is 35.3 Å². The van der Waals surface area contributed by atoms with E-state index < -0.39 is 24.1 Å². The van der Waals surface area contributed by atoms with Gasteiger partial charge in [-0.3, -0.25) is 15.4 Å². The number of hydrazine groups is 1. The van der Waals surface area contributed by atoms with Crippen molar-refractivity contribution in [2.75, 3.05) is 24.6 Å². The Morgan fingerprint density at radius 1 is 1.38 bits per heavy atom. The molecule has 3 atom stereocenters. The molecule has 0 saturated carbocycles. The van der Waals surface area contributed by atoms with Crippen LogP contribution in [0.1, 0.15) is 33.1 Å². The van der Waals surface area contributed by atoms with Gasteiger partial charge in [0.15, 0.2) is 6.10 Å². The van der Waals surface area contributed by atoms with E-state index in [1.165, 1.54) is 0 Å². The Bertz CT molecular complexity index is 460. The first kappa shape index (κ1) is 19.8. The van der Waals surface area contributed by atoms with Gasteiger partial charge in [-0.25, -0.2) is 5.01 Å². The Hall–Kier alpha value is -0.480. The van der Waals surface area contributed by atoms with Crippen LogP contribution in [0.5, 0.6) is 0 Å². The summed E-state index contributed by atoms with van der Waals surface area (Å²) in [5, 5.41) is 17.3. The number of nitrogens with one attached hydrogen (secondary N) is 2. The first-order valence-corrected chi connectivity index (χ1v) is 10.4. The molecule has 0 aromatic rings. The average Bonchev–Trinajstić information content (AvgIpc) is 3.13. The molecule has 2 heterocycles. The summed E-state index contributed by atoms with van der Waals surface area (Å²) in [4.78, 5) is 24.5. The number of carbonyl (C=O) groups is 2. The number of nitrogens with two attached hydrogens (primary N) is 1. The fraction of sp³-hybridized carbons (Fsp3) is 0.867. The Labute approximate surface area is 151 Å². The van der Waals surface area contributed by atoms with Crippen LogP contribution in [0, 0.1) is 0 Å². The van der Waals surface area contributed by atoms with Gasteiger partial charge in [-0.1, -0.05) is 13.3 Å². The van der Waals surface area contributed by atoms with E-state index in [-0.39, 0.29) is 9.99 Å². The summed E-state index contributed by atoms with van der Waals surface area (Å²) in [6.07, 6.45) is 0.746. The number of hydrogen-bond donors (Lipinski definition) is 4. The third kappa shape index (κ3) is 4.57. The molecule has 1 spiro atoms. The van der Waals surface area contributed by atoms with Gasteiger partial charge >= 0.3 is 0 Å². The molecule has 9 heteroatoms. The molecule has 2 aliphatic rings. The number of likely N-dealkylation sites (N-methyl/N-ethyl adjacent to an activating group) is 1. The van der Waals surface area contributed by atoms with Crippen molar-refractivity contribution in [3.05, 3.63) is 0 Å². The van der Waals surface area contributed by atoms with Crippen LogP contribution < -0.4 is 16.5 Å². The third-order valence-electron chi connectivity index (χ3n) is 4.37. The first-order chi connectivity index (χ1) is 11.4. The second kappa shape index (κ2) is 8.75. The monoisotopic (exact) mass is 376 g/mol. The van der Waals surface area contributed by atoms with E-state index in [1.54, 1.807) is 11.9 Å². The summed E-state index contributed by atoms with van der Waals surface area (Å²) in [5.41, 5.74) is 0. The zero-order valence-electron chi connectivity index (χ0n) is 14.3. The quantitative estimate of drug-likeness (QED) is 0.459. The van der Waals surface area contributed by atoms with E-state index >= 15 is 0 Å². The molecular formula is C15H28N4O3S2. The summed E-state index contributed by atoms with van der Waals surface area (Å²) < 4.78 is 0.00914. The molecule has 5 N–H and O–H groups in total. The second-order valence-electron chi connectivity index (χ2n) is 6.24. The van der Waals surface area contributed by atoms with Crippen molar-refractivity contribution in [3.63, 3.8) is 0 Å². The highest BCUT2D eigenvalue weighted by atomic mass is 32.2. The smallest absolute Gasteiger partial charge is 0.250 e. The predicted octanol–water partition coefficient (Wildman–Crippen LogP) is -0.107. The van der Waals surface area contributed by atoms with Crippen LogP contribution in [0.15, 0.2) is 0 Å². The van der Waals surface area contributed by atoms with Crippen LogP contribution in [0.4, 0.5) is 0 Å². The molecule has 2 rings (SSSR count). The van der Waals surface area contributed by atoms with Crippen LogP contribution >= 0.6 is 23.5 Å². The van der Waals surface area contributed by atoms with E-state index in [1.807, 2.05) is 30.4 Å². The van der Waals surface area contributed by atoms with Crippen LogP contribution in [0.2, 0.25) is 0 Å². The second-order valence-corrected chi connectivity index (χ2v) is 9.46. The molecule has 138 valence electrons. The largest absolute Gasteiger partial charge is 0.381 e. The lowest BCUT2D eigenvalue weighted by Crippen LogP contribution is -2.55. The summed E-state index contributed by atoms with van der Waals surface area (Å²) in [6, 6.07) is -1.01. The molecule has 3 unspecified atom stereocenters. The van der Waals surface area contributed by atoms with Gasteiger partial charge in [0.2, 0.25) is 5.91 Å². The van der Waals surface area contributed by atoms with E-state index in [9.17, 15) is 14.7 Å². The van der Waals surface area contributed by atoms with Crippen molar-refractivity contribution in [1.29, 1.82) is 0 Å². The van der Waals surface area contributed by atoms with Crippen molar-refractivity contribution < 1.29 is 14.7 Å². The predicted molar refractivity (Wildman–Crippen MR) is 98.5 cm³/mol. The minimum atomic E-state index is -1.24. The molecule has 24 heavy (non-hydrogen) atoms. The molecule has 0 radical (unpaired) electrons. The van der Waals surface area contributed by atoms with Crippen LogP contribution in [0.3, 0.4) is 0 Å². The number of aliphatic hydroxyl groups is 1. The fourth-order valence-corrected chi connectivity index (χ4v) is 6.45. The molecule has 0 bridgehead atoms. The molecule has 0 aromatic carbocycles. The summed E-state index contributed by atoms with van der Waals surface area (Å²) in [7, 11) is 0. The maximum Gasteiger partial charge on any atom is 0.250 e. The van der Waals surface area contributed by atoms with Crippen molar-refractivity contribution in [2.24, 2.45) is 5.84 Å². The van der Waals surface area contributed by atoms with E-state index in [0.717, 1.165) is 17.9 Å². The molecule has 2 fully saturated rings. The maximum absolute atomic E-state index is 12.7. The Morgan fingerprint density at radius 2 is 2.04 bits per heavy atom. The summed E-state index contributed by atoms with van der Waals surface area (Å²) in [6.45, 7) is 4.87. The lowest BCUT2D eigenvalue weighted by atomic mass is 10.0. The lowest BCUT2D eigenvalue weighted by Gasteiger charge is -2.26. The average molecular weight is 377 g/mol. The Balaban J connectivity index is 1.98. The van der Waals surface area contributed by atoms with Gasteiger partial charge in [-0.05, 0) is 19.8 Å². The standard InChI is InChI=1S/C15H28N4O3S2/c1-3-5-10(12(20)14(22)17-4-2)18-13(21)11-8-15(9-19(11)16)23-6-7-24-15/h10-12,20H,3-9,16H2,1-2H3,(H,17,22)(H,18,21). The highest BCUT2D eigenvalue weighted by Crippen LogP contribution is 2.50. The van der Waals surface area contributed by atoms with Crippen molar-refractivity contribution in [2.45, 2.75) is 55.4 Å². The molecule has 0 aliphatic carbocycles. The summed E-state index contributed by atoms with van der Waals surface area (Å²) >= 11 is 3.74. The van der Waals surface area contributed by atoms with Crippen molar-refractivity contribution in [3.8, 4) is 0 Å². The SMILES string of the molecule is CCCC(NC(=O)C1CC2(CN1N)SCCS2)C(O)C(=O)NCC. The number of rotatable bonds is 7. The van der Waals surface area contributed by atoms with Gasteiger partial charge < -0.3 is 15.7 Å². The molecule has 2 aliphatic heterocycles. The highest BCUT2D eigenvalue weighted by Gasteiger charge is 2.49. The van der Waals surface area contributed by atoms with Gasteiger partial charge in [0, 0.05) is 24.6 Å². The molecule has 0 aromatic heterocycles. The molecular weight excluding hydrogens is 348 g/mol. The van der Waals surface area contributed by atoms with Gasteiger partial charge in [0.05, 0.1) is 10.1 Å². The molecule has 2 amide bonds. The van der Waals surface area contributed by atoms with Crippen molar-refractivity contribution in [1.82, 2.24) is 15.6 Å². The maximum atomic E-state index is 12.7. The Morgan fingerprint density at radius 3 is 2.62 bits per heavy atom. The minimum Gasteiger partial charge on any atom is -0.381 e. The summed E-state index contributed by atoms with van der Waals surface area (Å²) in [5.74, 6) is 7.58. The number of amides is 2. The lowest BCUT2D eigenvalue weighted by molar-refractivity contribution is -0.133. The minimum absolute atomic E-state index is 0.00914. The van der Waals surface area contributed by atoms with Crippen LogP contribution in [-0.2, 0) is 9.59 Å². The molecule has 2 saturated heterocycles. The van der Waals surface area contributed by atoms with Crippen LogP contribution in [0.25, 0.3) is 0 Å². The zero-order valence-corrected chi connectivity index (χ0v) is 15.9. The van der Waals surface area contributed by atoms with Gasteiger partial charge in [-0.15, -0.1) is 23.5 Å². The topological polar surface area (TPSA) is 108 Å². The highest BCUT2D eigenvalue weighted by molar-refractivity contribution is 8.21. The van der Waals surface area contributed by atoms with Gasteiger partial charge in [-0.2, -0.15) is 0 Å². The van der Waals surface area contributed by atoms with Crippen LogP contribution in [-0.4, -0.2) is 68.8 Å². The number of nitrogens with zero attached hydrogens (tertiary/aromatic N) is 1. The van der Waals surface area contributed by atoms with E-state index in [4.69, 9.17) is 5.84 Å². The van der Waals surface area contributed by atoms with E-state index in [0.29, 0.717) is 25.9 Å².